The number of carbonyl (C=O) groups is 3. The highest BCUT2D eigenvalue weighted by atomic mass is 16.3. The van der Waals surface area contributed by atoms with E-state index in [0.717, 1.165) is 12.1 Å². The zero-order valence-electron chi connectivity index (χ0n) is 23.0. The predicted molar refractivity (Wildman–Crippen MR) is 145 cm³/mol. The second-order valence-electron chi connectivity index (χ2n) is 11.5. The molecule has 212 valence electrons. The highest BCUT2D eigenvalue weighted by molar-refractivity contribution is 6.24. The second kappa shape index (κ2) is 9.96. The van der Waals surface area contributed by atoms with Gasteiger partial charge in [-0.25, -0.2) is 0 Å². The monoisotopic (exact) mass is 542 g/mol. The molecule has 11 heteroatoms. The molecule has 2 unspecified atom stereocenters. The number of amides is 1. The number of aliphatic hydroxyl groups excluding tert-OH is 2. The maximum atomic E-state index is 14.0. The van der Waals surface area contributed by atoms with Gasteiger partial charge >= 0.3 is 0 Å². The van der Waals surface area contributed by atoms with Crippen molar-refractivity contribution in [2.45, 2.75) is 56.7 Å². The van der Waals surface area contributed by atoms with Crippen molar-refractivity contribution < 1.29 is 34.8 Å². The van der Waals surface area contributed by atoms with Crippen LogP contribution >= 0.6 is 0 Å². The summed E-state index contributed by atoms with van der Waals surface area (Å²) in [5.74, 6) is -6.52. The van der Waals surface area contributed by atoms with Gasteiger partial charge in [-0.2, -0.15) is 0 Å². The highest BCUT2D eigenvalue weighted by Gasteiger charge is 2.64. The van der Waals surface area contributed by atoms with Gasteiger partial charge in [-0.1, -0.05) is 0 Å². The Bertz CT molecular complexity index is 1310. The van der Waals surface area contributed by atoms with Crippen LogP contribution < -0.4 is 16.4 Å². The number of hydrogen-bond donors (Lipinski definition) is 6. The molecule has 0 aromatic heterocycles. The quantitative estimate of drug-likeness (QED) is 0.267. The number of phenolic OH excluding ortho intramolecular Hbond substituents is 1. The van der Waals surface area contributed by atoms with Gasteiger partial charge in [-0.05, 0) is 76.2 Å². The van der Waals surface area contributed by atoms with E-state index in [1.807, 2.05) is 32.0 Å². The average molecular weight is 543 g/mol. The fraction of sp³-hybridized carbons (Fsp3) is 0.536. The number of nitrogens with two attached hydrogens (primary N) is 2. The number of benzene rings is 1. The first-order valence-corrected chi connectivity index (χ1v) is 13.1. The topological polar surface area (TPSA) is 191 Å². The van der Waals surface area contributed by atoms with E-state index in [1.54, 1.807) is 14.1 Å². The molecule has 3 aliphatic carbocycles. The number of aromatic hydroxyl groups is 1. The Balaban J connectivity index is 1.93. The molecule has 11 nitrogen and oxygen atoms in total. The third kappa shape index (κ3) is 4.29. The molecule has 1 saturated carbocycles. The molecule has 1 amide bonds. The number of anilines is 1. The summed E-state index contributed by atoms with van der Waals surface area (Å²) in [5.41, 5.74) is 9.70. The number of carbonyl (C=O) groups excluding carboxylic acids is 3. The first-order valence-electron chi connectivity index (χ1n) is 13.1. The van der Waals surface area contributed by atoms with E-state index in [1.165, 1.54) is 4.90 Å². The minimum absolute atomic E-state index is 0.0117. The maximum absolute atomic E-state index is 14.0. The largest absolute Gasteiger partial charge is 0.508 e. The Labute approximate surface area is 227 Å². The molecule has 0 bridgehead atoms. The van der Waals surface area contributed by atoms with Crippen molar-refractivity contribution in [3.05, 3.63) is 39.7 Å². The standard InChI is InChI=1S/C28H38N4O7/c1-12(29)7-6-8-13-11-17(31(2)3)15-9-14-10-16-21(32(4)5)24(35)20(27(30)38)26(37)28(16,39)25(36)18(14)23(34)19(15)22(13)33/h11-12,14,16,21,33-34,37,39H,6-10,29H2,1-5H3,(H2,30,38)/t12?,14-,16-,21?,28-/m1/s1. The number of phenols is 1. The molecule has 0 aliphatic heterocycles. The molecule has 0 saturated heterocycles. The zero-order chi connectivity index (χ0) is 29.1. The Morgan fingerprint density at radius 3 is 2.36 bits per heavy atom. The minimum Gasteiger partial charge on any atom is -0.508 e. The van der Waals surface area contributed by atoms with E-state index in [9.17, 15) is 34.8 Å². The first kappa shape index (κ1) is 28.6. The molecule has 8 N–H and O–H groups in total. The van der Waals surface area contributed by atoms with Crippen molar-refractivity contribution in [2.24, 2.45) is 23.3 Å². The van der Waals surface area contributed by atoms with Crippen molar-refractivity contribution in [3.8, 4) is 5.75 Å². The van der Waals surface area contributed by atoms with Crippen LogP contribution in [0, 0.1) is 11.8 Å². The van der Waals surface area contributed by atoms with Crippen LogP contribution in [-0.2, 0) is 27.2 Å². The normalized spacial score (nSPS) is 27.3. The molecular weight excluding hydrogens is 504 g/mol. The molecule has 1 aromatic carbocycles. The van der Waals surface area contributed by atoms with Gasteiger partial charge in [0.05, 0.1) is 11.6 Å². The van der Waals surface area contributed by atoms with Crippen molar-refractivity contribution in [1.82, 2.24) is 4.90 Å². The van der Waals surface area contributed by atoms with E-state index in [0.29, 0.717) is 24.0 Å². The lowest BCUT2D eigenvalue weighted by Gasteiger charge is -2.50. The molecule has 5 atom stereocenters. The van der Waals surface area contributed by atoms with Crippen molar-refractivity contribution in [2.75, 3.05) is 33.1 Å². The summed E-state index contributed by atoms with van der Waals surface area (Å²) in [6, 6.07) is 0.744. The van der Waals surface area contributed by atoms with Gasteiger partial charge in [-0.15, -0.1) is 0 Å². The number of primary amides is 1. The number of aryl methyl sites for hydroxylation is 1. The summed E-state index contributed by atoms with van der Waals surface area (Å²) in [5, 5.41) is 45.5. The molecule has 4 rings (SSSR count). The molecule has 1 aromatic rings. The molecule has 0 radical (unpaired) electrons. The summed E-state index contributed by atoms with van der Waals surface area (Å²) in [6.07, 6.45) is 2.22. The average Bonchev–Trinajstić information content (AvgIpc) is 2.81. The Kier molecular flexibility index (Phi) is 7.30. The van der Waals surface area contributed by atoms with Crippen LogP contribution in [0.1, 0.15) is 42.9 Å². The zero-order valence-corrected chi connectivity index (χ0v) is 23.0. The third-order valence-electron chi connectivity index (χ3n) is 8.36. The lowest BCUT2D eigenvalue weighted by molar-refractivity contribution is -0.153. The number of nitrogens with zero attached hydrogens (tertiary/aromatic N) is 2. The number of Topliss-reactive ketones (excluding diaryl/α,β-unsaturated/α-hetero) is 2. The van der Waals surface area contributed by atoms with Crippen LogP contribution in [0.15, 0.2) is 23.0 Å². The van der Waals surface area contributed by atoms with Gasteiger partial charge < -0.3 is 36.8 Å². The van der Waals surface area contributed by atoms with Gasteiger partial charge in [0.25, 0.3) is 5.91 Å². The number of ketones is 2. The number of rotatable bonds is 7. The van der Waals surface area contributed by atoms with Gasteiger partial charge in [0.15, 0.2) is 11.4 Å². The Morgan fingerprint density at radius 1 is 1.18 bits per heavy atom. The lowest BCUT2D eigenvalue weighted by atomic mass is 9.57. The van der Waals surface area contributed by atoms with Crippen LogP contribution in [-0.4, -0.2) is 88.7 Å². The third-order valence-corrected chi connectivity index (χ3v) is 8.36. The van der Waals surface area contributed by atoms with E-state index >= 15 is 0 Å². The second-order valence-corrected chi connectivity index (χ2v) is 11.5. The van der Waals surface area contributed by atoms with E-state index < -0.39 is 58.0 Å². The van der Waals surface area contributed by atoms with E-state index in [4.69, 9.17) is 11.5 Å². The predicted octanol–water partition coefficient (Wildman–Crippen LogP) is 0.700. The molecule has 1 fully saturated rings. The maximum Gasteiger partial charge on any atom is 0.255 e. The number of likely N-dealkylation sites (N-methyl/N-ethyl adjacent to an activating group) is 1. The van der Waals surface area contributed by atoms with E-state index in [2.05, 4.69) is 0 Å². The van der Waals surface area contributed by atoms with Crippen molar-refractivity contribution >= 4 is 28.9 Å². The summed E-state index contributed by atoms with van der Waals surface area (Å²) in [7, 11) is 6.83. The molecule has 0 spiro atoms. The fourth-order valence-corrected chi connectivity index (χ4v) is 6.55. The summed E-state index contributed by atoms with van der Waals surface area (Å²) < 4.78 is 0. The fourth-order valence-electron chi connectivity index (χ4n) is 6.55. The molecule has 0 heterocycles. The Hall–Kier alpha value is -3.41. The summed E-state index contributed by atoms with van der Waals surface area (Å²) >= 11 is 0. The van der Waals surface area contributed by atoms with E-state index in [-0.39, 0.29) is 35.8 Å². The van der Waals surface area contributed by atoms with Crippen LogP contribution in [0.2, 0.25) is 0 Å². The number of fused-ring (bicyclic) bond motifs is 3. The first-order chi connectivity index (χ1) is 18.1. The minimum atomic E-state index is -2.65. The SMILES string of the molecule is CC(N)CCCc1cc(N(C)C)c2c(c1O)C(O)=C1C(=O)[C@@]3(O)C(O)=C(C(N)=O)C(=O)C(N(C)C)[C@H]3C[C@H]1C2. The summed E-state index contributed by atoms with van der Waals surface area (Å²) in [4.78, 5) is 42.7. The molecule has 3 aliphatic rings. The van der Waals surface area contributed by atoms with Gasteiger partial charge in [0, 0.05) is 37.3 Å². The van der Waals surface area contributed by atoms with Crippen LogP contribution in [0.25, 0.3) is 5.76 Å². The van der Waals surface area contributed by atoms with Crippen LogP contribution in [0.3, 0.4) is 0 Å². The number of aliphatic hydroxyl groups is 3. The van der Waals surface area contributed by atoms with Crippen molar-refractivity contribution in [3.63, 3.8) is 0 Å². The molecular formula is C28H38N4O7. The lowest BCUT2D eigenvalue weighted by Crippen LogP contribution is -2.65. The van der Waals surface area contributed by atoms with Gasteiger partial charge in [0.2, 0.25) is 5.78 Å². The number of hydrogen-bond acceptors (Lipinski definition) is 10. The smallest absolute Gasteiger partial charge is 0.255 e. The van der Waals surface area contributed by atoms with Gasteiger partial charge in [0.1, 0.15) is 22.8 Å². The van der Waals surface area contributed by atoms with Crippen molar-refractivity contribution in [1.29, 1.82) is 0 Å². The highest BCUT2D eigenvalue weighted by Crippen LogP contribution is 2.54. The van der Waals surface area contributed by atoms with Crippen LogP contribution in [0.4, 0.5) is 5.69 Å². The molecule has 39 heavy (non-hydrogen) atoms. The van der Waals surface area contributed by atoms with Crippen LogP contribution in [0.5, 0.6) is 5.75 Å². The Morgan fingerprint density at radius 2 is 1.82 bits per heavy atom. The summed E-state index contributed by atoms with van der Waals surface area (Å²) in [6.45, 7) is 1.90. The van der Waals surface area contributed by atoms with Gasteiger partial charge in [-0.3, -0.25) is 19.3 Å².